The molecule has 0 bridgehead atoms. The SMILES string of the molecule is CN1CCN(CC(NC(=O)C2=CN3CCS(=O)(=O)N=C3C=C2)c2ccccc2)CC1. The van der Waals surface area contributed by atoms with E-state index in [1.807, 2.05) is 30.3 Å². The molecule has 160 valence electrons. The minimum absolute atomic E-state index is 0.0498. The number of carbonyl (C=O) groups excluding carboxylic acids is 1. The Morgan fingerprint density at radius 3 is 2.57 bits per heavy atom. The Balaban J connectivity index is 1.48. The molecule has 1 saturated heterocycles. The molecule has 1 fully saturated rings. The molecular weight excluding hydrogens is 402 g/mol. The van der Waals surface area contributed by atoms with Crippen LogP contribution in [-0.4, -0.2) is 86.9 Å². The Hall–Kier alpha value is -2.49. The highest BCUT2D eigenvalue weighted by atomic mass is 32.2. The predicted molar refractivity (Wildman–Crippen MR) is 116 cm³/mol. The van der Waals surface area contributed by atoms with Crippen LogP contribution in [0.2, 0.25) is 0 Å². The molecule has 9 heteroatoms. The van der Waals surface area contributed by atoms with E-state index in [-0.39, 0.29) is 17.7 Å². The van der Waals surface area contributed by atoms with Gasteiger partial charge in [0, 0.05) is 45.5 Å². The standard InChI is InChI=1S/C21H27N5O3S/c1-24-9-11-25(12-10-24)16-19(17-5-3-2-4-6-17)22-21(27)18-7-8-20-23-30(28,29)14-13-26(20)15-18/h2-8,15,19H,9-14,16H2,1H3,(H,22,27). The van der Waals surface area contributed by atoms with Crippen LogP contribution in [0.25, 0.3) is 0 Å². The molecule has 0 saturated carbocycles. The van der Waals surface area contributed by atoms with Crippen LogP contribution in [0, 0.1) is 0 Å². The number of hydrogen-bond donors (Lipinski definition) is 1. The molecule has 30 heavy (non-hydrogen) atoms. The summed E-state index contributed by atoms with van der Waals surface area (Å²) in [6.07, 6.45) is 4.90. The second-order valence-corrected chi connectivity index (χ2v) is 9.64. The second-order valence-electron chi connectivity index (χ2n) is 7.89. The Bertz CT molecular complexity index is 979. The number of amides is 1. The molecule has 0 spiro atoms. The van der Waals surface area contributed by atoms with Gasteiger partial charge in [0.1, 0.15) is 5.84 Å². The molecule has 3 heterocycles. The third kappa shape index (κ3) is 4.97. The van der Waals surface area contributed by atoms with Crippen molar-refractivity contribution in [2.24, 2.45) is 4.40 Å². The number of benzene rings is 1. The smallest absolute Gasteiger partial charge is 0.256 e. The molecule has 8 nitrogen and oxygen atoms in total. The fourth-order valence-electron chi connectivity index (χ4n) is 3.79. The van der Waals surface area contributed by atoms with Gasteiger partial charge in [-0.25, -0.2) is 8.42 Å². The lowest BCUT2D eigenvalue weighted by molar-refractivity contribution is -0.118. The quantitative estimate of drug-likeness (QED) is 0.738. The number of hydrogen-bond acceptors (Lipinski definition) is 6. The Kier molecular flexibility index (Phi) is 6.03. The lowest BCUT2D eigenvalue weighted by Gasteiger charge is -2.35. The van der Waals surface area contributed by atoms with Crippen LogP contribution in [-0.2, 0) is 14.8 Å². The number of rotatable bonds is 5. The third-order valence-corrected chi connectivity index (χ3v) is 6.79. The van der Waals surface area contributed by atoms with Crippen LogP contribution in [0.5, 0.6) is 0 Å². The van der Waals surface area contributed by atoms with E-state index in [1.54, 1.807) is 23.3 Å². The number of likely N-dealkylation sites (N-methyl/N-ethyl adjacent to an activating group) is 1. The molecule has 1 aromatic rings. The highest BCUT2D eigenvalue weighted by Crippen LogP contribution is 2.19. The average molecular weight is 430 g/mol. The van der Waals surface area contributed by atoms with E-state index in [1.165, 1.54) is 0 Å². The van der Waals surface area contributed by atoms with Gasteiger partial charge in [-0.1, -0.05) is 30.3 Å². The zero-order valence-electron chi connectivity index (χ0n) is 17.1. The van der Waals surface area contributed by atoms with Crippen molar-refractivity contribution < 1.29 is 13.2 Å². The first-order chi connectivity index (χ1) is 14.4. The molecule has 1 unspecified atom stereocenters. The highest BCUT2D eigenvalue weighted by molar-refractivity contribution is 7.90. The zero-order valence-corrected chi connectivity index (χ0v) is 17.9. The number of piperazine rings is 1. The summed E-state index contributed by atoms with van der Waals surface area (Å²) in [4.78, 5) is 19.4. The maximum absolute atomic E-state index is 13.0. The Morgan fingerprint density at radius 2 is 1.83 bits per heavy atom. The van der Waals surface area contributed by atoms with Gasteiger partial charge < -0.3 is 15.1 Å². The van der Waals surface area contributed by atoms with Gasteiger partial charge >= 0.3 is 0 Å². The van der Waals surface area contributed by atoms with E-state index in [9.17, 15) is 13.2 Å². The molecule has 1 aromatic carbocycles. The van der Waals surface area contributed by atoms with Gasteiger partial charge in [0.25, 0.3) is 15.9 Å². The van der Waals surface area contributed by atoms with Crippen LogP contribution in [0.1, 0.15) is 11.6 Å². The summed E-state index contributed by atoms with van der Waals surface area (Å²) < 4.78 is 27.1. The van der Waals surface area contributed by atoms with Crippen molar-refractivity contribution in [3.63, 3.8) is 0 Å². The predicted octanol–water partition coefficient (Wildman–Crippen LogP) is 0.589. The van der Waals surface area contributed by atoms with Crippen molar-refractivity contribution >= 4 is 21.8 Å². The average Bonchev–Trinajstić information content (AvgIpc) is 2.74. The minimum atomic E-state index is -3.41. The van der Waals surface area contributed by atoms with Crippen molar-refractivity contribution in [3.05, 3.63) is 59.8 Å². The lowest BCUT2D eigenvalue weighted by Crippen LogP contribution is -2.48. The maximum atomic E-state index is 13.0. The van der Waals surface area contributed by atoms with E-state index in [2.05, 4.69) is 26.6 Å². The second kappa shape index (κ2) is 8.71. The summed E-state index contributed by atoms with van der Waals surface area (Å²) in [6, 6.07) is 9.87. The summed E-state index contributed by atoms with van der Waals surface area (Å²) in [5, 5.41) is 3.17. The van der Waals surface area contributed by atoms with Gasteiger partial charge in [-0.15, -0.1) is 4.40 Å². The fraction of sp³-hybridized carbons (Fsp3) is 0.429. The van der Waals surface area contributed by atoms with Gasteiger partial charge in [-0.05, 0) is 24.8 Å². The number of carbonyl (C=O) groups is 1. The van der Waals surface area contributed by atoms with Gasteiger partial charge in [-0.2, -0.15) is 0 Å². The summed E-state index contributed by atoms with van der Waals surface area (Å²) in [6.45, 7) is 5.02. The molecule has 0 aromatic heterocycles. The van der Waals surface area contributed by atoms with E-state index in [0.717, 1.165) is 38.3 Å². The molecule has 4 rings (SSSR count). The topological polar surface area (TPSA) is 85.3 Å². The van der Waals surface area contributed by atoms with Crippen molar-refractivity contribution in [1.29, 1.82) is 0 Å². The molecule has 1 atom stereocenters. The molecule has 3 aliphatic rings. The Morgan fingerprint density at radius 1 is 1.10 bits per heavy atom. The lowest BCUT2D eigenvalue weighted by atomic mass is 10.0. The fourth-order valence-corrected chi connectivity index (χ4v) is 4.75. The normalized spacial score (nSPS) is 22.6. The van der Waals surface area contributed by atoms with Crippen molar-refractivity contribution in [1.82, 2.24) is 20.0 Å². The first-order valence-corrected chi connectivity index (χ1v) is 11.8. The molecule has 1 N–H and O–H groups in total. The first kappa shape index (κ1) is 20.8. The van der Waals surface area contributed by atoms with E-state index in [0.29, 0.717) is 18.0 Å². The molecule has 1 amide bonds. The Labute approximate surface area is 177 Å². The van der Waals surface area contributed by atoms with Crippen molar-refractivity contribution in [2.45, 2.75) is 6.04 Å². The van der Waals surface area contributed by atoms with E-state index >= 15 is 0 Å². The molecular formula is C21H27N5O3S. The monoisotopic (exact) mass is 429 g/mol. The maximum Gasteiger partial charge on any atom is 0.256 e. The summed E-state index contributed by atoms with van der Waals surface area (Å²) in [5.74, 6) is 0.128. The van der Waals surface area contributed by atoms with E-state index in [4.69, 9.17) is 0 Å². The summed E-state index contributed by atoms with van der Waals surface area (Å²) in [5.41, 5.74) is 1.56. The molecule has 0 aliphatic carbocycles. The largest absolute Gasteiger partial charge is 0.344 e. The van der Waals surface area contributed by atoms with Gasteiger partial charge in [0.2, 0.25) is 0 Å². The van der Waals surface area contributed by atoms with E-state index < -0.39 is 10.0 Å². The van der Waals surface area contributed by atoms with Crippen LogP contribution < -0.4 is 5.32 Å². The van der Waals surface area contributed by atoms with Crippen LogP contribution in [0.4, 0.5) is 0 Å². The number of amidine groups is 1. The zero-order chi connectivity index (χ0) is 21.1. The molecule has 3 aliphatic heterocycles. The van der Waals surface area contributed by atoms with Crippen LogP contribution in [0.3, 0.4) is 0 Å². The number of nitrogens with zero attached hydrogens (tertiary/aromatic N) is 4. The highest BCUT2D eigenvalue weighted by Gasteiger charge is 2.27. The minimum Gasteiger partial charge on any atom is -0.344 e. The van der Waals surface area contributed by atoms with Gasteiger partial charge in [0.15, 0.2) is 0 Å². The first-order valence-electron chi connectivity index (χ1n) is 10.2. The van der Waals surface area contributed by atoms with Crippen molar-refractivity contribution in [2.75, 3.05) is 52.1 Å². The van der Waals surface area contributed by atoms with Crippen LogP contribution >= 0.6 is 0 Å². The number of fused-ring (bicyclic) bond motifs is 1. The number of nitrogens with one attached hydrogen (secondary N) is 1. The van der Waals surface area contributed by atoms with Gasteiger partial charge in [0.05, 0.1) is 17.4 Å². The van der Waals surface area contributed by atoms with Crippen LogP contribution in [0.15, 0.2) is 58.7 Å². The summed E-state index contributed by atoms with van der Waals surface area (Å²) in [7, 11) is -1.29. The summed E-state index contributed by atoms with van der Waals surface area (Å²) >= 11 is 0. The van der Waals surface area contributed by atoms with Crippen molar-refractivity contribution in [3.8, 4) is 0 Å². The molecule has 0 radical (unpaired) electrons. The van der Waals surface area contributed by atoms with Gasteiger partial charge in [-0.3, -0.25) is 9.69 Å². The number of sulfonamides is 1. The third-order valence-electron chi connectivity index (χ3n) is 5.63.